The largest absolute Gasteiger partial charge is 0.457 e. The van der Waals surface area contributed by atoms with Gasteiger partial charge in [0.15, 0.2) is 4.67 Å². The monoisotopic (exact) mass is 283 g/mol. The lowest BCUT2D eigenvalue weighted by Gasteiger charge is -2.17. The normalized spacial score (nSPS) is 19.7. The van der Waals surface area contributed by atoms with Gasteiger partial charge in [0.1, 0.15) is 0 Å². The van der Waals surface area contributed by atoms with E-state index in [9.17, 15) is 4.79 Å². The average molecular weight is 284 g/mol. The minimum absolute atomic E-state index is 0.0739. The zero-order chi connectivity index (χ0) is 11.4. The van der Waals surface area contributed by atoms with Crippen LogP contribution in [-0.4, -0.2) is 12.5 Å². The molecule has 0 spiro atoms. The van der Waals surface area contributed by atoms with Crippen LogP contribution >= 0.6 is 15.9 Å². The summed E-state index contributed by atoms with van der Waals surface area (Å²) in [5, 5.41) is 2.93. The number of carbonyl (C=O) groups is 1. The molecule has 3 nitrogen and oxygen atoms in total. The smallest absolute Gasteiger partial charge is 0.255 e. The van der Waals surface area contributed by atoms with Gasteiger partial charge in [-0.05, 0) is 47.2 Å². The van der Waals surface area contributed by atoms with Crippen LogP contribution < -0.4 is 5.32 Å². The first-order valence-corrected chi connectivity index (χ1v) is 6.23. The summed E-state index contributed by atoms with van der Waals surface area (Å²) >= 11 is 3.19. The van der Waals surface area contributed by atoms with Crippen molar-refractivity contribution < 1.29 is 9.21 Å². The van der Waals surface area contributed by atoms with Crippen molar-refractivity contribution in [1.82, 2.24) is 5.32 Å². The number of nitrogens with one attached hydrogen (secondary N) is 1. The molecule has 0 saturated carbocycles. The van der Waals surface area contributed by atoms with Gasteiger partial charge in [0.05, 0.1) is 11.8 Å². The molecule has 4 heteroatoms. The van der Waals surface area contributed by atoms with E-state index >= 15 is 0 Å². The molecule has 0 aromatic carbocycles. The summed E-state index contributed by atoms with van der Waals surface area (Å²) in [5.74, 6) is 0.495. The molecule has 1 heterocycles. The Balaban J connectivity index is 1.84. The Hall–Kier alpha value is -1.03. The first-order chi connectivity index (χ1) is 7.77. The lowest BCUT2D eigenvalue weighted by atomic mass is 9.94. The molecule has 1 aliphatic rings. The summed E-state index contributed by atoms with van der Waals surface area (Å²) in [5.41, 5.74) is 0.561. The van der Waals surface area contributed by atoms with Crippen LogP contribution in [0, 0.1) is 5.92 Å². The Kier molecular flexibility index (Phi) is 3.83. The second-order valence-corrected chi connectivity index (χ2v) is 4.69. The van der Waals surface area contributed by atoms with Gasteiger partial charge in [0, 0.05) is 6.54 Å². The van der Waals surface area contributed by atoms with Gasteiger partial charge in [-0.1, -0.05) is 12.2 Å². The molecule has 1 unspecified atom stereocenters. The van der Waals surface area contributed by atoms with Crippen molar-refractivity contribution >= 4 is 21.8 Å². The van der Waals surface area contributed by atoms with E-state index in [1.165, 1.54) is 6.26 Å². The maximum absolute atomic E-state index is 11.8. The Morgan fingerprint density at radius 3 is 3.06 bits per heavy atom. The molecule has 1 aromatic heterocycles. The van der Waals surface area contributed by atoms with Gasteiger partial charge in [-0.3, -0.25) is 4.79 Å². The van der Waals surface area contributed by atoms with Crippen molar-refractivity contribution in [2.75, 3.05) is 6.54 Å². The number of carbonyl (C=O) groups excluding carboxylic acids is 1. The highest BCUT2D eigenvalue weighted by molar-refractivity contribution is 9.10. The van der Waals surface area contributed by atoms with Gasteiger partial charge in [0.2, 0.25) is 0 Å². The highest BCUT2D eigenvalue weighted by Gasteiger charge is 2.15. The predicted molar refractivity (Wildman–Crippen MR) is 65.2 cm³/mol. The molecule has 86 valence electrons. The fourth-order valence-corrected chi connectivity index (χ4v) is 2.25. The first kappa shape index (κ1) is 11.5. The van der Waals surface area contributed by atoms with E-state index in [-0.39, 0.29) is 5.91 Å². The standard InChI is InChI=1S/C12H14BrNO2/c13-11-10(6-7-16-11)12(15)14-8-9-4-2-1-3-5-9/h1-2,6-7,9H,3-5,8H2,(H,14,15). The number of hydrogen-bond donors (Lipinski definition) is 1. The van der Waals surface area contributed by atoms with Gasteiger partial charge >= 0.3 is 0 Å². The maximum Gasteiger partial charge on any atom is 0.255 e. The number of allylic oxidation sites excluding steroid dienone is 2. The summed E-state index contributed by atoms with van der Waals surface area (Å²) in [7, 11) is 0. The van der Waals surface area contributed by atoms with Crippen molar-refractivity contribution in [2.24, 2.45) is 5.92 Å². The van der Waals surface area contributed by atoms with Crippen LogP contribution in [0.2, 0.25) is 0 Å². The molecule has 0 radical (unpaired) electrons. The van der Waals surface area contributed by atoms with E-state index in [2.05, 4.69) is 33.4 Å². The van der Waals surface area contributed by atoms with Crippen molar-refractivity contribution in [3.05, 3.63) is 34.7 Å². The van der Waals surface area contributed by atoms with Crippen molar-refractivity contribution in [2.45, 2.75) is 19.3 Å². The van der Waals surface area contributed by atoms with Crippen LogP contribution in [-0.2, 0) is 0 Å². The van der Waals surface area contributed by atoms with Gasteiger partial charge in [-0.15, -0.1) is 0 Å². The van der Waals surface area contributed by atoms with E-state index in [1.54, 1.807) is 6.07 Å². The van der Waals surface area contributed by atoms with E-state index < -0.39 is 0 Å². The van der Waals surface area contributed by atoms with Gasteiger partial charge in [-0.25, -0.2) is 0 Å². The van der Waals surface area contributed by atoms with Crippen LogP contribution in [0.5, 0.6) is 0 Å². The molecule has 1 aliphatic carbocycles. The molecule has 1 aromatic rings. The molecular formula is C12H14BrNO2. The number of furan rings is 1. The topological polar surface area (TPSA) is 42.2 Å². The van der Waals surface area contributed by atoms with E-state index in [1.807, 2.05) is 0 Å². The van der Waals surface area contributed by atoms with E-state index in [0.717, 1.165) is 25.8 Å². The Morgan fingerprint density at radius 1 is 1.56 bits per heavy atom. The number of amides is 1. The number of halogens is 1. The zero-order valence-corrected chi connectivity index (χ0v) is 10.5. The third-order valence-electron chi connectivity index (χ3n) is 2.79. The van der Waals surface area contributed by atoms with Crippen LogP contribution in [0.25, 0.3) is 0 Å². The molecule has 0 fully saturated rings. The fourth-order valence-electron chi connectivity index (χ4n) is 1.83. The van der Waals surface area contributed by atoms with Crippen molar-refractivity contribution in [3.8, 4) is 0 Å². The average Bonchev–Trinajstić information content (AvgIpc) is 2.74. The van der Waals surface area contributed by atoms with Crippen molar-refractivity contribution in [3.63, 3.8) is 0 Å². The van der Waals surface area contributed by atoms with Crippen LogP contribution in [0.15, 0.2) is 33.6 Å². The second-order valence-electron chi connectivity index (χ2n) is 3.97. The van der Waals surface area contributed by atoms with Crippen LogP contribution in [0.1, 0.15) is 29.6 Å². The maximum atomic E-state index is 11.8. The fraction of sp³-hybridized carbons (Fsp3) is 0.417. The van der Waals surface area contributed by atoms with Gasteiger partial charge in [0.25, 0.3) is 5.91 Å². The van der Waals surface area contributed by atoms with Gasteiger partial charge < -0.3 is 9.73 Å². The molecule has 2 rings (SSSR count). The van der Waals surface area contributed by atoms with Crippen LogP contribution in [0.3, 0.4) is 0 Å². The highest BCUT2D eigenvalue weighted by Crippen LogP contribution is 2.19. The molecule has 1 N–H and O–H groups in total. The molecule has 1 amide bonds. The van der Waals surface area contributed by atoms with Gasteiger partial charge in [-0.2, -0.15) is 0 Å². The van der Waals surface area contributed by atoms with E-state index in [4.69, 9.17) is 4.42 Å². The summed E-state index contributed by atoms with van der Waals surface area (Å²) in [6, 6.07) is 1.67. The molecule has 16 heavy (non-hydrogen) atoms. The minimum atomic E-state index is -0.0739. The Bertz CT molecular complexity index is 397. The van der Waals surface area contributed by atoms with E-state index in [0.29, 0.717) is 16.2 Å². The highest BCUT2D eigenvalue weighted by atomic mass is 79.9. The third kappa shape index (κ3) is 2.76. The minimum Gasteiger partial charge on any atom is -0.457 e. The lowest BCUT2D eigenvalue weighted by molar-refractivity contribution is 0.0944. The third-order valence-corrected chi connectivity index (χ3v) is 3.41. The quantitative estimate of drug-likeness (QED) is 0.866. The van der Waals surface area contributed by atoms with Crippen LogP contribution in [0.4, 0.5) is 0 Å². The molecule has 1 atom stereocenters. The summed E-state index contributed by atoms with van der Waals surface area (Å²) in [6.45, 7) is 0.737. The Morgan fingerprint density at radius 2 is 2.44 bits per heavy atom. The SMILES string of the molecule is O=C(NCC1CC=CCC1)c1ccoc1Br. The summed E-state index contributed by atoms with van der Waals surface area (Å²) < 4.78 is 5.52. The molecular weight excluding hydrogens is 270 g/mol. The number of hydrogen-bond acceptors (Lipinski definition) is 2. The molecule has 0 aliphatic heterocycles. The summed E-state index contributed by atoms with van der Waals surface area (Å²) in [4.78, 5) is 11.8. The lowest BCUT2D eigenvalue weighted by Crippen LogP contribution is -2.29. The zero-order valence-electron chi connectivity index (χ0n) is 8.91. The predicted octanol–water partition coefficient (Wildman–Crippen LogP) is 3.13. The summed E-state index contributed by atoms with van der Waals surface area (Å²) in [6.07, 6.45) is 9.23. The molecule has 0 saturated heterocycles. The molecule has 0 bridgehead atoms. The second kappa shape index (κ2) is 5.34. The van der Waals surface area contributed by atoms with Crippen molar-refractivity contribution in [1.29, 1.82) is 0 Å². The Labute approximate surface area is 103 Å². The first-order valence-electron chi connectivity index (χ1n) is 5.43. The number of rotatable bonds is 3.